The summed E-state index contributed by atoms with van der Waals surface area (Å²) in [5.74, 6) is 0.430. The summed E-state index contributed by atoms with van der Waals surface area (Å²) in [5, 5.41) is 2.96. The Bertz CT molecular complexity index is 564. The van der Waals surface area contributed by atoms with Gasteiger partial charge in [-0.15, -0.1) is 11.6 Å². The summed E-state index contributed by atoms with van der Waals surface area (Å²) in [6.45, 7) is 6.11. The molecule has 1 aromatic carbocycles. The summed E-state index contributed by atoms with van der Waals surface area (Å²) in [6, 6.07) is 3.80. The maximum atomic E-state index is 12.1. The van der Waals surface area contributed by atoms with E-state index in [2.05, 4.69) is 5.32 Å². The molecule has 1 heterocycles. The van der Waals surface area contributed by atoms with Crippen LogP contribution in [-0.4, -0.2) is 17.6 Å². The number of anilines is 1. The second-order valence-electron chi connectivity index (χ2n) is 5.88. The quantitative estimate of drug-likeness (QED) is 0.680. The normalized spacial score (nSPS) is 16.5. The van der Waals surface area contributed by atoms with Crippen molar-refractivity contribution in [1.29, 1.82) is 0 Å². The van der Waals surface area contributed by atoms with E-state index in [1.54, 1.807) is 0 Å². The number of hydrogen-bond acceptors (Lipinski definition) is 2. The summed E-state index contributed by atoms with van der Waals surface area (Å²) < 4.78 is 0. The zero-order valence-electron chi connectivity index (χ0n) is 12.2. The van der Waals surface area contributed by atoms with Crippen molar-refractivity contribution in [1.82, 2.24) is 0 Å². The fraction of sp³-hybridized carbons (Fsp3) is 0.500. The molecular weight excluding hydrogens is 274 g/mol. The van der Waals surface area contributed by atoms with Crippen LogP contribution in [-0.2, 0) is 16.6 Å². The largest absolute Gasteiger partial charge is 0.326 e. The Morgan fingerprint density at radius 1 is 1.40 bits per heavy atom. The Kier molecular flexibility index (Phi) is 4.19. The Hall–Kier alpha value is -1.35. The van der Waals surface area contributed by atoms with E-state index >= 15 is 0 Å². The van der Waals surface area contributed by atoms with Crippen LogP contribution in [0.15, 0.2) is 12.1 Å². The fourth-order valence-electron chi connectivity index (χ4n) is 2.73. The topological polar surface area (TPSA) is 46.2 Å². The van der Waals surface area contributed by atoms with Crippen LogP contribution in [0.3, 0.4) is 0 Å². The Morgan fingerprint density at radius 3 is 2.70 bits per heavy atom. The van der Waals surface area contributed by atoms with Crippen LogP contribution in [0, 0.1) is 0 Å². The minimum absolute atomic E-state index is 0.0389. The molecule has 1 amide bonds. The van der Waals surface area contributed by atoms with Crippen molar-refractivity contribution in [3.63, 3.8) is 0 Å². The fourth-order valence-corrected chi connectivity index (χ4v) is 2.91. The molecule has 0 unspecified atom stereocenters. The van der Waals surface area contributed by atoms with Gasteiger partial charge in [-0.1, -0.05) is 20.8 Å². The van der Waals surface area contributed by atoms with Crippen LogP contribution < -0.4 is 5.32 Å². The van der Waals surface area contributed by atoms with Gasteiger partial charge in [0.15, 0.2) is 5.78 Å². The molecule has 1 aliphatic rings. The van der Waals surface area contributed by atoms with Crippen molar-refractivity contribution in [2.45, 2.75) is 45.4 Å². The van der Waals surface area contributed by atoms with Gasteiger partial charge in [-0.2, -0.15) is 0 Å². The molecule has 1 aromatic rings. The number of carbonyl (C=O) groups is 2. The summed E-state index contributed by atoms with van der Waals surface area (Å²) in [4.78, 5) is 23.9. The van der Waals surface area contributed by atoms with Crippen LogP contribution in [0.4, 0.5) is 5.69 Å². The molecule has 2 rings (SSSR count). The van der Waals surface area contributed by atoms with Crippen LogP contribution in [0.2, 0.25) is 0 Å². The zero-order chi connectivity index (χ0) is 14.9. The first-order chi connectivity index (χ1) is 9.39. The molecule has 3 nitrogen and oxygen atoms in total. The molecule has 0 fully saturated rings. The number of benzene rings is 1. The third-order valence-corrected chi connectivity index (χ3v) is 4.03. The Morgan fingerprint density at radius 2 is 2.10 bits per heavy atom. The third-order valence-electron chi connectivity index (χ3n) is 3.84. The maximum Gasteiger partial charge on any atom is 0.225 e. The van der Waals surface area contributed by atoms with E-state index in [0.717, 1.165) is 23.2 Å². The maximum absolute atomic E-state index is 12.1. The van der Waals surface area contributed by atoms with E-state index in [4.69, 9.17) is 11.6 Å². The molecule has 4 heteroatoms. The molecule has 1 N–H and O–H groups in total. The molecule has 0 radical (unpaired) electrons. The number of aryl methyl sites for hydroxylation is 1. The minimum atomic E-state index is -0.251. The lowest BCUT2D eigenvalue weighted by molar-refractivity contribution is -0.117. The van der Waals surface area contributed by atoms with E-state index < -0.39 is 0 Å². The molecule has 108 valence electrons. The number of fused-ring (bicyclic) bond motifs is 1. The second kappa shape index (κ2) is 5.57. The standard InChI is InChI=1S/C16H20ClNO2/c1-4-10-7-11(13(19)5-6-17)8-12-15(10)18-14(20)9-16(12,2)3/h7-8H,4-6,9H2,1-3H3,(H,18,20). The van der Waals surface area contributed by atoms with Gasteiger partial charge in [0.25, 0.3) is 0 Å². The van der Waals surface area contributed by atoms with Gasteiger partial charge in [0.1, 0.15) is 0 Å². The van der Waals surface area contributed by atoms with E-state index in [-0.39, 0.29) is 17.1 Å². The van der Waals surface area contributed by atoms with Crippen molar-refractivity contribution in [2.24, 2.45) is 0 Å². The summed E-state index contributed by atoms with van der Waals surface area (Å²) in [5.41, 5.74) is 3.40. The van der Waals surface area contributed by atoms with Gasteiger partial charge in [-0.05, 0) is 29.7 Å². The number of amides is 1. The van der Waals surface area contributed by atoms with Crippen molar-refractivity contribution in [2.75, 3.05) is 11.2 Å². The summed E-state index contributed by atoms with van der Waals surface area (Å²) in [7, 11) is 0. The van der Waals surface area contributed by atoms with Gasteiger partial charge in [0, 0.05) is 35.4 Å². The van der Waals surface area contributed by atoms with Gasteiger partial charge >= 0.3 is 0 Å². The highest BCUT2D eigenvalue weighted by molar-refractivity contribution is 6.19. The van der Waals surface area contributed by atoms with E-state index in [1.807, 2.05) is 32.9 Å². The Balaban J connectivity index is 2.58. The number of Topliss-reactive ketones (excluding diaryl/α,β-unsaturated/α-hetero) is 1. The number of nitrogens with one attached hydrogen (secondary N) is 1. The number of hydrogen-bond donors (Lipinski definition) is 1. The lowest BCUT2D eigenvalue weighted by atomic mass is 9.76. The van der Waals surface area contributed by atoms with Gasteiger partial charge in [-0.25, -0.2) is 0 Å². The van der Waals surface area contributed by atoms with Crippen molar-refractivity contribution < 1.29 is 9.59 Å². The number of halogens is 1. The van der Waals surface area contributed by atoms with E-state index in [0.29, 0.717) is 24.3 Å². The lowest BCUT2D eigenvalue weighted by Gasteiger charge is -2.34. The minimum Gasteiger partial charge on any atom is -0.326 e. The highest BCUT2D eigenvalue weighted by Gasteiger charge is 2.33. The van der Waals surface area contributed by atoms with Crippen molar-refractivity contribution >= 4 is 29.0 Å². The first kappa shape index (κ1) is 15.0. The molecule has 0 saturated carbocycles. The van der Waals surface area contributed by atoms with Crippen molar-refractivity contribution in [3.8, 4) is 0 Å². The predicted molar refractivity (Wildman–Crippen MR) is 81.8 cm³/mol. The van der Waals surface area contributed by atoms with Crippen LogP contribution >= 0.6 is 11.6 Å². The Labute approximate surface area is 124 Å². The van der Waals surface area contributed by atoms with Crippen LogP contribution in [0.5, 0.6) is 0 Å². The van der Waals surface area contributed by atoms with Crippen LogP contribution in [0.1, 0.15) is 55.1 Å². The number of carbonyl (C=O) groups excluding carboxylic acids is 2. The van der Waals surface area contributed by atoms with Gasteiger partial charge in [0.2, 0.25) is 5.91 Å². The average Bonchev–Trinajstić information content (AvgIpc) is 2.37. The van der Waals surface area contributed by atoms with E-state index in [1.165, 1.54) is 0 Å². The average molecular weight is 294 g/mol. The highest BCUT2D eigenvalue weighted by atomic mass is 35.5. The van der Waals surface area contributed by atoms with E-state index in [9.17, 15) is 9.59 Å². The van der Waals surface area contributed by atoms with Gasteiger partial charge in [-0.3, -0.25) is 9.59 Å². The highest BCUT2D eigenvalue weighted by Crippen LogP contribution is 2.40. The smallest absolute Gasteiger partial charge is 0.225 e. The molecule has 0 aromatic heterocycles. The second-order valence-corrected chi connectivity index (χ2v) is 6.26. The first-order valence-electron chi connectivity index (χ1n) is 6.95. The molecule has 0 spiro atoms. The predicted octanol–water partition coefficient (Wildman–Crippen LogP) is 3.68. The zero-order valence-corrected chi connectivity index (χ0v) is 12.9. The molecule has 0 atom stereocenters. The molecule has 1 aliphatic heterocycles. The summed E-state index contributed by atoms with van der Waals surface area (Å²) >= 11 is 5.66. The van der Waals surface area contributed by atoms with Gasteiger partial charge in [0.05, 0.1) is 0 Å². The number of alkyl halides is 1. The number of rotatable bonds is 4. The first-order valence-corrected chi connectivity index (χ1v) is 7.49. The third kappa shape index (κ3) is 2.73. The molecule has 20 heavy (non-hydrogen) atoms. The molecule has 0 bridgehead atoms. The van der Waals surface area contributed by atoms with Gasteiger partial charge < -0.3 is 5.32 Å². The molecular formula is C16H20ClNO2. The molecule has 0 aliphatic carbocycles. The van der Waals surface area contributed by atoms with Crippen LogP contribution in [0.25, 0.3) is 0 Å². The van der Waals surface area contributed by atoms with Crippen molar-refractivity contribution in [3.05, 3.63) is 28.8 Å². The summed E-state index contributed by atoms with van der Waals surface area (Å²) in [6.07, 6.45) is 1.56. The SMILES string of the molecule is CCc1cc(C(=O)CCCl)cc2c1NC(=O)CC2(C)C. The monoisotopic (exact) mass is 293 g/mol. The molecule has 0 saturated heterocycles. The number of ketones is 1. The lowest BCUT2D eigenvalue weighted by Crippen LogP contribution is -2.33.